The fourth-order valence-corrected chi connectivity index (χ4v) is 4.05. The highest BCUT2D eigenvalue weighted by Crippen LogP contribution is 2.22. The maximum Gasteiger partial charge on any atom is 0.338 e. The quantitative estimate of drug-likeness (QED) is 0.267. The average molecular weight is 509 g/mol. The second kappa shape index (κ2) is 10.7. The first-order chi connectivity index (χ1) is 16.8. The third-order valence-electron chi connectivity index (χ3n) is 5.50. The summed E-state index contributed by atoms with van der Waals surface area (Å²) in [5.74, 6) is 0.257. The Balaban J connectivity index is 1.42. The smallest absolute Gasteiger partial charge is 0.338 e. The Morgan fingerprint density at radius 3 is 2.51 bits per heavy atom. The number of nitrogens with one attached hydrogen (secondary N) is 2. The summed E-state index contributed by atoms with van der Waals surface area (Å²) in [7, 11) is 1.37. The molecule has 0 amide bonds. The molecule has 0 bridgehead atoms. The molecule has 35 heavy (non-hydrogen) atoms. The number of nitrogens with zero attached hydrogens (tertiary/aromatic N) is 4. The van der Waals surface area contributed by atoms with Crippen LogP contribution in [0.5, 0.6) is 0 Å². The molecule has 0 atom stereocenters. The molecular weight excluding hydrogens is 484 g/mol. The van der Waals surface area contributed by atoms with Gasteiger partial charge in [-0.25, -0.2) is 4.79 Å². The van der Waals surface area contributed by atoms with Crippen molar-refractivity contribution in [2.24, 2.45) is 0 Å². The zero-order valence-electron chi connectivity index (χ0n) is 19.6. The van der Waals surface area contributed by atoms with Gasteiger partial charge in [0.15, 0.2) is 10.9 Å². The third-order valence-corrected chi connectivity index (χ3v) is 5.96. The van der Waals surface area contributed by atoms with Gasteiger partial charge in [0.1, 0.15) is 0 Å². The van der Waals surface area contributed by atoms with Gasteiger partial charge in [0.05, 0.1) is 42.8 Å². The van der Waals surface area contributed by atoms with Crippen LogP contribution in [0.15, 0.2) is 60.8 Å². The molecule has 10 heteroatoms. The topological polar surface area (TPSA) is 86.0 Å². The Morgan fingerprint density at radius 1 is 1.03 bits per heavy atom. The summed E-state index contributed by atoms with van der Waals surface area (Å²) in [6.45, 7) is 4.90. The number of aromatic nitrogens is 4. The molecule has 0 aliphatic heterocycles. The predicted molar refractivity (Wildman–Crippen MR) is 141 cm³/mol. The van der Waals surface area contributed by atoms with Crippen LogP contribution in [0.3, 0.4) is 0 Å². The van der Waals surface area contributed by atoms with Crippen LogP contribution in [0, 0.1) is 13.8 Å². The first-order valence-electron chi connectivity index (χ1n) is 10.9. The van der Waals surface area contributed by atoms with Gasteiger partial charge in [-0.3, -0.25) is 9.36 Å². The number of carbonyl (C=O) groups excluding carboxylic acids is 1. The molecular formula is C25H25ClN6O2S. The summed E-state index contributed by atoms with van der Waals surface area (Å²) < 4.78 is 8.56. The van der Waals surface area contributed by atoms with Gasteiger partial charge in [0.2, 0.25) is 0 Å². The van der Waals surface area contributed by atoms with E-state index in [1.165, 1.54) is 7.11 Å². The van der Waals surface area contributed by atoms with Crippen LogP contribution in [-0.4, -0.2) is 37.8 Å². The zero-order chi connectivity index (χ0) is 24.9. The zero-order valence-corrected chi connectivity index (χ0v) is 21.2. The number of benzene rings is 2. The Bertz CT molecular complexity index is 1360. The highest BCUT2D eigenvalue weighted by atomic mass is 35.5. The normalized spacial score (nSPS) is 10.7. The average Bonchev–Trinajstić information content (AvgIpc) is 3.39. The summed E-state index contributed by atoms with van der Waals surface area (Å²) in [5.41, 5.74) is 4.91. The van der Waals surface area contributed by atoms with E-state index in [1.54, 1.807) is 6.07 Å². The lowest BCUT2D eigenvalue weighted by atomic mass is 10.1. The number of halogens is 1. The number of thiocarbonyl (C=S) groups is 1. The number of hydrogen-bond acceptors (Lipinski definition) is 5. The molecule has 0 fully saturated rings. The number of aryl methyl sites for hydroxylation is 1. The minimum absolute atomic E-state index is 0.374. The number of methoxy groups -OCH3 is 1. The number of esters is 1. The van der Waals surface area contributed by atoms with Crippen molar-refractivity contribution in [2.45, 2.75) is 26.9 Å². The van der Waals surface area contributed by atoms with Gasteiger partial charge in [-0.1, -0.05) is 41.9 Å². The van der Waals surface area contributed by atoms with Gasteiger partial charge < -0.3 is 15.4 Å². The molecule has 0 aliphatic carbocycles. The first-order valence-corrected chi connectivity index (χ1v) is 11.7. The molecule has 180 valence electrons. The van der Waals surface area contributed by atoms with E-state index >= 15 is 0 Å². The van der Waals surface area contributed by atoms with Crippen molar-refractivity contribution < 1.29 is 9.53 Å². The number of ether oxygens (including phenoxy) is 1. The van der Waals surface area contributed by atoms with Crippen molar-refractivity contribution >= 4 is 46.4 Å². The van der Waals surface area contributed by atoms with E-state index in [9.17, 15) is 4.79 Å². The third kappa shape index (κ3) is 5.87. The van der Waals surface area contributed by atoms with Gasteiger partial charge in [-0.05, 0) is 55.4 Å². The Kier molecular flexibility index (Phi) is 7.48. The molecule has 4 aromatic rings. The maximum absolute atomic E-state index is 12.1. The summed E-state index contributed by atoms with van der Waals surface area (Å²) in [6.07, 6.45) is 1.88. The molecule has 2 aromatic carbocycles. The molecule has 2 aromatic heterocycles. The van der Waals surface area contributed by atoms with E-state index < -0.39 is 0 Å². The number of rotatable bonds is 7. The second-order valence-corrected chi connectivity index (χ2v) is 8.80. The van der Waals surface area contributed by atoms with Crippen LogP contribution in [-0.2, 0) is 17.8 Å². The van der Waals surface area contributed by atoms with Gasteiger partial charge in [0, 0.05) is 17.3 Å². The fraction of sp³-hybridized carbons (Fsp3) is 0.200. The van der Waals surface area contributed by atoms with E-state index in [-0.39, 0.29) is 5.97 Å². The molecule has 2 N–H and O–H groups in total. The van der Waals surface area contributed by atoms with Crippen LogP contribution < -0.4 is 10.6 Å². The highest BCUT2D eigenvalue weighted by molar-refractivity contribution is 7.80. The lowest BCUT2D eigenvalue weighted by molar-refractivity contribution is 0.0599. The SMILES string of the molecule is COC(=O)c1ccccc1Cn1nc(C)c(NC(=S)Nc2ccn(Cc3ccc(Cl)cc3)n2)c1C. The van der Waals surface area contributed by atoms with E-state index in [0.717, 1.165) is 28.2 Å². The Morgan fingerprint density at radius 2 is 1.77 bits per heavy atom. The minimum atomic E-state index is -0.374. The maximum atomic E-state index is 12.1. The Hall–Kier alpha value is -3.69. The van der Waals surface area contributed by atoms with E-state index in [0.29, 0.717) is 34.6 Å². The number of hydrogen-bond donors (Lipinski definition) is 2. The molecule has 0 aliphatic rings. The summed E-state index contributed by atoms with van der Waals surface area (Å²) in [5, 5.41) is 16.6. The van der Waals surface area contributed by atoms with Crippen LogP contribution in [0.4, 0.5) is 11.5 Å². The summed E-state index contributed by atoms with van der Waals surface area (Å²) in [6, 6.07) is 16.8. The first kappa shape index (κ1) is 24.4. The molecule has 0 unspecified atom stereocenters. The monoisotopic (exact) mass is 508 g/mol. The lowest BCUT2D eigenvalue weighted by Gasteiger charge is -2.11. The van der Waals surface area contributed by atoms with Gasteiger partial charge in [-0.2, -0.15) is 10.2 Å². The molecule has 0 spiro atoms. The molecule has 0 radical (unpaired) electrons. The Labute approximate surface area is 213 Å². The van der Waals surface area contributed by atoms with Crippen LogP contribution in [0.25, 0.3) is 0 Å². The highest BCUT2D eigenvalue weighted by Gasteiger charge is 2.17. The van der Waals surface area contributed by atoms with Crippen molar-refractivity contribution in [1.82, 2.24) is 19.6 Å². The van der Waals surface area contributed by atoms with Crippen molar-refractivity contribution in [3.63, 3.8) is 0 Å². The van der Waals surface area contributed by atoms with Crippen molar-refractivity contribution in [3.05, 3.63) is 93.9 Å². The van der Waals surface area contributed by atoms with Crippen LogP contribution >= 0.6 is 23.8 Å². The van der Waals surface area contributed by atoms with Crippen LogP contribution in [0.2, 0.25) is 5.02 Å². The van der Waals surface area contributed by atoms with Crippen LogP contribution in [0.1, 0.15) is 32.9 Å². The number of anilines is 2. The number of carbonyl (C=O) groups is 1. The minimum Gasteiger partial charge on any atom is -0.465 e. The molecule has 8 nitrogen and oxygen atoms in total. The van der Waals surface area contributed by atoms with Crippen molar-refractivity contribution in [3.8, 4) is 0 Å². The van der Waals surface area contributed by atoms with Crippen molar-refractivity contribution in [1.29, 1.82) is 0 Å². The van der Waals surface area contributed by atoms with Gasteiger partial charge >= 0.3 is 5.97 Å². The molecule has 0 saturated heterocycles. The second-order valence-electron chi connectivity index (χ2n) is 7.96. The summed E-state index contributed by atoms with van der Waals surface area (Å²) in [4.78, 5) is 12.1. The molecule has 0 saturated carbocycles. The largest absolute Gasteiger partial charge is 0.465 e. The van der Waals surface area contributed by atoms with Gasteiger partial charge in [0.25, 0.3) is 0 Å². The summed E-state index contributed by atoms with van der Waals surface area (Å²) >= 11 is 11.5. The predicted octanol–water partition coefficient (Wildman–Crippen LogP) is 5.04. The molecule has 2 heterocycles. The van der Waals surface area contributed by atoms with E-state index in [1.807, 2.05) is 77.9 Å². The fourth-order valence-electron chi connectivity index (χ4n) is 3.71. The lowest BCUT2D eigenvalue weighted by Crippen LogP contribution is -2.20. The molecule has 4 rings (SSSR count). The van der Waals surface area contributed by atoms with E-state index in [4.69, 9.17) is 28.6 Å². The van der Waals surface area contributed by atoms with E-state index in [2.05, 4.69) is 20.8 Å². The van der Waals surface area contributed by atoms with Gasteiger partial charge in [-0.15, -0.1) is 0 Å². The standard InChI is InChI=1S/C25H25ClN6O2S/c1-16-23(17(2)32(29-16)15-19-6-4-5-7-21(19)24(33)34-3)28-25(35)27-22-12-13-31(30-22)14-18-8-10-20(26)11-9-18/h4-13H,14-15H2,1-3H3,(H2,27,28,30,35). The van der Waals surface area contributed by atoms with Crippen molar-refractivity contribution in [2.75, 3.05) is 17.7 Å².